The number of alkyl halides is 2. The van der Waals surface area contributed by atoms with Gasteiger partial charge in [-0.2, -0.15) is 0 Å². The van der Waals surface area contributed by atoms with Crippen LogP contribution in [-0.2, 0) is 11.3 Å². The fourth-order valence-electron chi connectivity index (χ4n) is 3.50. The van der Waals surface area contributed by atoms with Gasteiger partial charge >= 0.3 is 0 Å². The number of nitrogens with zero attached hydrogens (tertiary/aromatic N) is 3. The molecule has 22 heavy (non-hydrogen) atoms. The highest BCUT2D eigenvalue weighted by molar-refractivity contribution is 5.60. The fourth-order valence-corrected chi connectivity index (χ4v) is 3.50. The van der Waals surface area contributed by atoms with Gasteiger partial charge in [-0.25, -0.2) is 18.4 Å². The van der Waals surface area contributed by atoms with E-state index >= 15 is 0 Å². The van der Waals surface area contributed by atoms with Crippen molar-refractivity contribution in [3.8, 4) is 0 Å². The van der Waals surface area contributed by atoms with Crippen LogP contribution in [-0.4, -0.2) is 21.1 Å². The number of halogens is 2. The number of carbonyl (C=O) groups is 1. The highest BCUT2D eigenvalue weighted by atomic mass is 19.3. The summed E-state index contributed by atoms with van der Waals surface area (Å²) in [6, 6.07) is 0. The van der Waals surface area contributed by atoms with Crippen LogP contribution in [0.5, 0.6) is 0 Å². The second-order valence-corrected chi connectivity index (χ2v) is 6.13. The summed E-state index contributed by atoms with van der Waals surface area (Å²) in [6.45, 7) is 2.20. The number of allylic oxidation sites excluding steroid dienone is 4. The van der Waals surface area contributed by atoms with Crippen molar-refractivity contribution in [1.82, 2.24) is 14.8 Å². The molecule has 2 aliphatic carbocycles. The molecule has 3 rings (SSSR count). The molecular weight excluding hydrogens is 288 g/mol. The normalized spacial score (nSPS) is 30.0. The summed E-state index contributed by atoms with van der Waals surface area (Å²) in [5.41, 5.74) is -0.0492. The Morgan fingerprint density at radius 3 is 2.86 bits per heavy atom. The first-order chi connectivity index (χ1) is 10.6. The number of hydrogen-bond donors (Lipinski definition) is 0. The van der Waals surface area contributed by atoms with Gasteiger partial charge in [0.25, 0.3) is 6.43 Å². The molecule has 1 saturated carbocycles. The van der Waals surface area contributed by atoms with E-state index in [9.17, 15) is 13.6 Å². The minimum atomic E-state index is -2.65. The molecule has 0 bridgehead atoms. The van der Waals surface area contributed by atoms with Gasteiger partial charge in [-0.1, -0.05) is 24.3 Å². The molecule has 1 aromatic rings. The molecule has 6 heteroatoms. The van der Waals surface area contributed by atoms with Crippen molar-refractivity contribution in [1.29, 1.82) is 0 Å². The Balaban J connectivity index is 1.72. The number of rotatable bonds is 6. The standard InChI is InChI=1S/C16H19F2N3O/c1-11-19-15(14(17)18)20-21(11)8-7-16(9-13(16)10-22)12-5-3-2-4-6-12/h2-5,10,12-14H,6-9H2,1H3/t12?,13-,16-/m0/s1. The Morgan fingerprint density at radius 1 is 1.50 bits per heavy atom. The monoisotopic (exact) mass is 307 g/mol. The van der Waals surface area contributed by atoms with Gasteiger partial charge in [0.2, 0.25) is 5.82 Å². The Morgan fingerprint density at radius 2 is 2.32 bits per heavy atom. The van der Waals surface area contributed by atoms with E-state index < -0.39 is 12.2 Å². The van der Waals surface area contributed by atoms with Crippen LogP contribution in [0.25, 0.3) is 0 Å². The van der Waals surface area contributed by atoms with Crippen LogP contribution in [0.4, 0.5) is 8.78 Å². The second-order valence-electron chi connectivity index (χ2n) is 6.13. The predicted molar refractivity (Wildman–Crippen MR) is 77.3 cm³/mol. The summed E-state index contributed by atoms with van der Waals surface area (Å²) in [6.07, 6.45) is 9.24. The van der Waals surface area contributed by atoms with Gasteiger partial charge < -0.3 is 4.79 Å². The Kier molecular flexibility index (Phi) is 3.93. The van der Waals surface area contributed by atoms with E-state index in [1.807, 2.05) is 12.2 Å². The summed E-state index contributed by atoms with van der Waals surface area (Å²) in [5, 5.41) is 3.87. The Bertz CT molecular complexity index is 623. The summed E-state index contributed by atoms with van der Waals surface area (Å²) in [5.74, 6) is 0.473. The minimum absolute atomic E-state index is 0.0492. The molecule has 3 atom stereocenters. The number of aldehydes is 1. The van der Waals surface area contributed by atoms with Gasteiger partial charge in [0.05, 0.1) is 0 Å². The molecule has 1 fully saturated rings. The fraction of sp³-hybridized carbons (Fsp3) is 0.562. The average molecular weight is 307 g/mol. The summed E-state index contributed by atoms with van der Waals surface area (Å²) in [4.78, 5) is 15.0. The molecule has 1 heterocycles. The number of carbonyl (C=O) groups excluding carboxylic acids is 1. The molecule has 1 unspecified atom stereocenters. The molecule has 0 spiro atoms. The first kappa shape index (κ1) is 15.1. The maximum atomic E-state index is 12.7. The zero-order valence-corrected chi connectivity index (χ0v) is 12.5. The minimum Gasteiger partial charge on any atom is -0.303 e. The maximum absolute atomic E-state index is 12.7. The van der Waals surface area contributed by atoms with E-state index in [0.29, 0.717) is 18.3 Å². The van der Waals surface area contributed by atoms with Crippen molar-refractivity contribution in [2.45, 2.75) is 39.2 Å². The molecule has 0 aromatic carbocycles. The topological polar surface area (TPSA) is 47.8 Å². The van der Waals surface area contributed by atoms with Crippen LogP contribution in [0.2, 0.25) is 0 Å². The smallest absolute Gasteiger partial charge is 0.299 e. The van der Waals surface area contributed by atoms with E-state index in [2.05, 4.69) is 22.2 Å². The lowest BCUT2D eigenvalue weighted by atomic mass is 9.80. The van der Waals surface area contributed by atoms with Gasteiger partial charge in [0.1, 0.15) is 12.1 Å². The van der Waals surface area contributed by atoms with E-state index in [1.165, 1.54) is 4.68 Å². The first-order valence-corrected chi connectivity index (χ1v) is 7.55. The highest BCUT2D eigenvalue weighted by Crippen LogP contribution is 2.61. The van der Waals surface area contributed by atoms with Crippen molar-refractivity contribution in [2.75, 3.05) is 0 Å². The van der Waals surface area contributed by atoms with Crippen molar-refractivity contribution < 1.29 is 13.6 Å². The zero-order chi connectivity index (χ0) is 15.7. The Hall–Kier alpha value is -1.85. The van der Waals surface area contributed by atoms with Crippen LogP contribution >= 0.6 is 0 Å². The first-order valence-electron chi connectivity index (χ1n) is 7.55. The molecular formula is C16H19F2N3O. The largest absolute Gasteiger partial charge is 0.303 e. The molecule has 0 saturated heterocycles. The molecule has 1 aromatic heterocycles. The van der Waals surface area contributed by atoms with Crippen LogP contribution in [0.1, 0.15) is 37.3 Å². The van der Waals surface area contributed by atoms with Crippen molar-refractivity contribution in [3.05, 3.63) is 36.0 Å². The third kappa shape index (κ3) is 2.62. The third-order valence-electron chi connectivity index (χ3n) is 4.92. The van der Waals surface area contributed by atoms with Gasteiger partial charge in [-0.3, -0.25) is 0 Å². The molecule has 0 aliphatic heterocycles. The molecule has 118 valence electrons. The quantitative estimate of drug-likeness (QED) is 0.758. The highest BCUT2D eigenvalue weighted by Gasteiger charge is 2.57. The molecule has 0 radical (unpaired) electrons. The van der Waals surface area contributed by atoms with Gasteiger partial charge in [-0.05, 0) is 37.5 Å². The van der Waals surface area contributed by atoms with Gasteiger partial charge in [-0.15, -0.1) is 5.10 Å². The molecule has 0 N–H and O–H groups in total. The van der Waals surface area contributed by atoms with Crippen LogP contribution in [0.15, 0.2) is 24.3 Å². The zero-order valence-electron chi connectivity index (χ0n) is 12.5. The third-order valence-corrected chi connectivity index (χ3v) is 4.92. The maximum Gasteiger partial charge on any atom is 0.299 e. The molecule has 4 nitrogen and oxygen atoms in total. The van der Waals surface area contributed by atoms with Gasteiger partial charge in [0.15, 0.2) is 0 Å². The predicted octanol–water partition coefficient (Wildman–Crippen LogP) is 3.25. The van der Waals surface area contributed by atoms with Gasteiger partial charge in [0, 0.05) is 12.5 Å². The number of aromatic nitrogens is 3. The molecule has 0 amide bonds. The van der Waals surface area contributed by atoms with Crippen LogP contribution < -0.4 is 0 Å². The van der Waals surface area contributed by atoms with Crippen molar-refractivity contribution in [2.24, 2.45) is 17.3 Å². The van der Waals surface area contributed by atoms with Crippen LogP contribution in [0, 0.1) is 24.2 Å². The lowest BCUT2D eigenvalue weighted by Crippen LogP contribution is -2.21. The second kappa shape index (κ2) is 5.74. The average Bonchev–Trinajstić information content (AvgIpc) is 3.13. The Labute approximate surface area is 127 Å². The summed E-state index contributed by atoms with van der Waals surface area (Å²) < 4.78 is 26.8. The number of aryl methyl sites for hydroxylation is 2. The van der Waals surface area contributed by atoms with E-state index in [1.54, 1.807) is 6.92 Å². The summed E-state index contributed by atoms with van der Waals surface area (Å²) >= 11 is 0. The SMILES string of the molecule is Cc1nc(C(F)F)nn1CC[C@@]1(C2C=CC=CC2)C[C@H]1C=O. The van der Waals surface area contributed by atoms with E-state index in [4.69, 9.17) is 0 Å². The van der Waals surface area contributed by atoms with E-state index in [0.717, 1.165) is 25.5 Å². The number of hydrogen-bond acceptors (Lipinski definition) is 3. The lowest BCUT2D eigenvalue weighted by Gasteiger charge is -2.25. The van der Waals surface area contributed by atoms with Crippen molar-refractivity contribution in [3.63, 3.8) is 0 Å². The molecule has 2 aliphatic rings. The van der Waals surface area contributed by atoms with Crippen molar-refractivity contribution >= 4 is 6.29 Å². The lowest BCUT2D eigenvalue weighted by molar-refractivity contribution is -0.109. The van der Waals surface area contributed by atoms with Crippen LogP contribution in [0.3, 0.4) is 0 Å². The summed E-state index contributed by atoms with van der Waals surface area (Å²) in [7, 11) is 0. The van der Waals surface area contributed by atoms with E-state index in [-0.39, 0.29) is 11.3 Å².